The summed E-state index contributed by atoms with van der Waals surface area (Å²) in [6, 6.07) is 15.6. The lowest BCUT2D eigenvalue weighted by Crippen LogP contribution is -2.51. The maximum Gasteiger partial charge on any atom is 0.236 e. The number of aryl methyl sites for hydroxylation is 2. The predicted octanol–water partition coefficient (Wildman–Crippen LogP) is 3.96. The zero-order valence-electron chi connectivity index (χ0n) is 18.0. The van der Waals surface area contributed by atoms with Crippen LogP contribution in [0.1, 0.15) is 41.1 Å². The summed E-state index contributed by atoms with van der Waals surface area (Å²) in [6.45, 7) is 8.29. The molecule has 2 aliphatic rings. The maximum atomic E-state index is 13.0. The molecule has 1 atom stereocenters. The molecule has 1 heterocycles. The average molecular weight is 392 g/mol. The minimum absolute atomic E-state index is 0.260. The monoisotopic (exact) mass is 391 g/mol. The van der Waals surface area contributed by atoms with Gasteiger partial charge in [-0.15, -0.1) is 0 Å². The van der Waals surface area contributed by atoms with E-state index < -0.39 is 0 Å². The van der Waals surface area contributed by atoms with Crippen LogP contribution in [0.3, 0.4) is 0 Å². The van der Waals surface area contributed by atoms with Crippen molar-refractivity contribution in [3.8, 4) is 0 Å². The molecule has 154 valence electrons. The van der Waals surface area contributed by atoms with Gasteiger partial charge in [-0.3, -0.25) is 9.69 Å². The van der Waals surface area contributed by atoms with Crippen molar-refractivity contribution < 1.29 is 4.79 Å². The molecular weight excluding hydrogens is 358 g/mol. The van der Waals surface area contributed by atoms with Crippen molar-refractivity contribution in [2.24, 2.45) is 0 Å². The fourth-order valence-electron chi connectivity index (χ4n) is 4.88. The number of amides is 1. The number of carbonyl (C=O) groups excluding carboxylic acids is 1. The number of likely N-dealkylation sites (N-methyl/N-ethyl adjacent to an activating group) is 1. The topological polar surface area (TPSA) is 26.8 Å². The first kappa shape index (κ1) is 20.0. The zero-order chi connectivity index (χ0) is 20.4. The standard InChI is InChI=1S/C25H33N3O/c1-19-8-6-12-23(20(19)2)27-14-16-28(17-15-27)25(29)18-26(3)24-13-7-10-21-9-4-5-11-22(21)24/h4-6,8-9,11-12,24H,7,10,13-18H2,1-3H3/t24-/m0/s1. The summed E-state index contributed by atoms with van der Waals surface area (Å²) in [4.78, 5) is 19.7. The van der Waals surface area contributed by atoms with Crippen LogP contribution in [0.15, 0.2) is 42.5 Å². The van der Waals surface area contributed by atoms with Gasteiger partial charge < -0.3 is 9.80 Å². The smallest absolute Gasteiger partial charge is 0.236 e. The van der Waals surface area contributed by atoms with Crippen LogP contribution in [0.4, 0.5) is 5.69 Å². The molecule has 2 aromatic carbocycles. The number of benzene rings is 2. The van der Waals surface area contributed by atoms with Gasteiger partial charge >= 0.3 is 0 Å². The third-order valence-electron chi connectivity index (χ3n) is 6.80. The first-order chi connectivity index (χ1) is 14.0. The number of rotatable bonds is 4. The number of carbonyl (C=O) groups is 1. The van der Waals surface area contributed by atoms with Gasteiger partial charge in [-0.1, -0.05) is 36.4 Å². The summed E-state index contributed by atoms with van der Waals surface area (Å²) in [5.41, 5.74) is 6.85. The van der Waals surface area contributed by atoms with Crippen LogP contribution < -0.4 is 4.90 Å². The van der Waals surface area contributed by atoms with Gasteiger partial charge in [0.1, 0.15) is 0 Å². The van der Waals surface area contributed by atoms with Crippen LogP contribution in [0.25, 0.3) is 0 Å². The number of hydrogen-bond donors (Lipinski definition) is 0. The Balaban J connectivity index is 1.35. The second kappa shape index (κ2) is 8.58. The van der Waals surface area contributed by atoms with Crippen molar-refractivity contribution in [3.05, 3.63) is 64.7 Å². The van der Waals surface area contributed by atoms with Crippen molar-refractivity contribution in [2.75, 3.05) is 44.7 Å². The number of hydrogen-bond acceptors (Lipinski definition) is 3. The molecule has 1 aliphatic carbocycles. The van der Waals surface area contributed by atoms with Crippen molar-refractivity contribution >= 4 is 11.6 Å². The Bertz CT molecular complexity index is 870. The van der Waals surface area contributed by atoms with Gasteiger partial charge in [0.25, 0.3) is 0 Å². The molecule has 1 aliphatic heterocycles. The van der Waals surface area contributed by atoms with Gasteiger partial charge in [-0.2, -0.15) is 0 Å². The zero-order valence-corrected chi connectivity index (χ0v) is 18.0. The lowest BCUT2D eigenvalue weighted by Gasteiger charge is -2.39. The summed E-state index contributed by atoms with van der Waals surface area (Å²) in [5, 5.41) is 0. The highest BCUT2D eigenvalue weighted by Gasteiger charge is 2.27. The largest absolute Gasteiger partial charge is 0.368 e. The summed E-state index contributed by atoms with van der Waals surface area (Å²) in [7, 11) is 2.11. The molecule has 1 amide bonds. The van der Waals surface area contributed by atoms with Crippen LogP contribution in [0, 0.1) is 13.8 Å². The molecule has 0 spiro atoms. The van der Waals surface area contributed by atoms with Crippen LogP contribution in [-0.4, -0.2) is 55.5 Å². The van der Waals surface area contributed by atoms with Crippen molar-refractivity contribution in [3.63, 3.8) is 0 Å². The Morgan fingerprint density at radius 3 is 2.59 bits per heavy atom. The normalized spacial score (nSPS) is 19.4. The van der Waals surface area contributed by atoms with Crippen LogP contribution in [0.2, 0.25) is 0 Å². The molecule has 4 heteroatoms. The summed E-state index contributed by atoms with van der Waals surface area (Å²) >= 11 is 0. The van der Waals surface area contributed by atoms with Crippen molar-refractivity contribution in [2.45, 2.75) is 39.2 Å². The van der Waals surface area contributed by atoms with E-state index in [9.17, 15) is 4.79 Å². The highest BCUT2D eigenvalue weighted by molar-refractivity contribution is 5.78. The lowest BCUT2D eigenvalue weighted by molar-refractivity contribution is -0.133. The van der Waals surface area contributed by atoms with Gasteiger partial charge in [0.2, 0.25) is 5.91 Å². The van der Waals surface area contributed by atoms with Gasteiger partial charge in [-0.05, 0) is 68.5 Å². The Kier molecular flexibility index (Phi) is 5.91. The molecule has 2 aromatic rings. The van der Waals surface area contributed by atoms with E-state index in [1.165, 1.54) is 34.4 Å². The number of anilines is 1. The minimum Gasteiger partial charge on any atom is -0.368 e. The molecule has 4 rings (SSSR count). The van der Waals surface area contributed by atoms with Crippen molar-refractivity contribution in [1.29, 1.82) is 0 Å². The van der Waals surface area contributed by atoms with E-state index in [0.29, 0.717) is 12.6 Å². The Morgan fingerprint density at radius 1 is 1.03 bits per heavy atom. The quantitative estimate of drug-likeness (QED) is 0.789. The van der Waals surface area contributed by atoms with Crippen LogP contribution in [-0.2, 0) is 11.2 Å². The summed E-state index contributed by atoms with van der Waals surface area (Å²) in [6.07, 6.45) is 3.50. The Hall–Kier alpha value is -2.33. The van der Waals surface area contributed by atoms with Crippen molar-refractivity contribution in [1.82, 2.24) is 9.80 Å². The number of fused-ring (bicyclic) bond motifs is 1. The highest BCUT2D eigenvalue weighted by atomic mass is 16.2. The van der Waals surface area contributed by atoms with Gasteiger partial charge in [-0.25, -0.2) is 0 Å². The third-order valence-corrected chi connectivity index (χ3v) is 6.80. The lowest BCUT2D eigenvalue weighted by atomic mass is 9.87. The maximum absolute atomic E-state index is 13.0. The number of nitrogens with zero attached hydrogens (tertiary/aromatic N) is 3. The molecule has 29 heavy (non-hydrogen) atoms. The molecule has 0 N–H and O–H groups in total. The molecule has 0 aromatic heterocycles. The van der Waals surface area contributed by atoms with Gasteiger partial charge in [0.05, 0.1) is 6.54 Å². The third kappa shape index (κ3) is 4.18. The van der Waals surface area contributed by atoms with E-state index in [0.717, 1.165) is 39.0 Å². The molecule has 1 fully saturated rings. The van der Waals surface area contributed by atoms with Gasteiger partial charge in [0, 0.05) is 37.9 Å². The minimum atomic E-state index is 0.260. The fourth-order valence-corrected chi connectivity index (χ4v) is 4.88. The highest BCUT2D eigenvalue weighted by Crippen LogP contribution is 2.33. The second-order valence-electron chi connectivity index (χ2n) is 8.61. The molecule has 1 saturated heterocycles. The molecule has 0 radical (unpaired) electrons. The average Bonchev–Trinajstić information content (AvgIpc) is 2.75. The van der Waals surface area contributed by atoms with E-state index in [2.05, 4.69) is 73.2 Å². The van der Waals surface area contributed by atoms with E-state index in [-0.39, 0.29) is 5.91 Å². The first-order valence-corrected chi connectivity index (χ1v) is 10.9. The second-order valence-corrected chi connectivity index (χ2v) is 8.61. The molecule has 0 bridgehead atoms. The fraction of sp³-hybridized carbons (Fsp3) is 0.480. The Labute approximate surface area is 175 Å². The SMILES string of the molecule is Cc1cccc(N2CCN(C(=O)CN(C)[C@H]3CCCc4ccccc43)CC2)c1C. The van der Waals surface area contributed by atoms with Gasteiger partial charge in [0.15, 0.2) is 0 Å². The molecular formula is C25H33N3O. The van der Waals surface area contributed by atoms with E-state index in [4.69, 9.17) is 0 Å². The Morgan fingerprint density at radius 2 is 1.79 bits per heavy atom. The molecule has 0 unspecified atom stereocenters. The van der Waals surface area contributed by atoms with Crippen LogP contribution >= 0.6 is 0 Å². The number of piperazine rings is 1. The van der Waals surface area contributed by atoms with E-state index in [1.807, 2.05) is 4.90 Å². The summed E-state index contributed by atoms with van der Waals surface area (Å²) in [5.74, 6) is 0.260. The van der Waals surface area contributed by atoms with Crippen LogP contribution in [0.5, 0.6) is 0 Å². The predicted molar refractivity (Wildman–Crippen MR) is 119 cm³/mol. The molecule has 0 saturated carbocycles. The summed E-state index contributed by atoms with van der Waals surface area (Å²) < 4.78 is 0. The van der Waals surface area contributed by atoms with E-state index in [1.54, 1.807) is 0 Å². The first-order valence-electron chi connectivity index (χ1n) is 10.9. The molecule has 4 nitrogen and oxygen atoms in total. The van der Waals surface area contributed by atoms with E-state index >= 15 is 0 Å².